The molecule has 0 saturated heterocycles. The van der Waals surface area contributed by atoms with Gasteiger partial charge in [-0.3, -0.25) is 4.79 Å². The number of methoxy groups -OCH3 is 2. The third kappa shape index (κ3) is 5.23. The number of ether oxygens (including phenoxy) is 3. The summed E-state index contributed by atoms with van der Waals surface area (Å²) in [4.78, 5) is 12.4. The van der Waals surface area contributed by atoms with E-state index < -0.39 is 11.6 Å². The highest BCUT2D eigenvalue weighted by Gasteiger charge is 2.09. The molecule has 6 heteroatoms. The van der Waals surface area contributed by atoms with Crippen LogP contribution >= 0.6 is 0 Å². The molecule has 30 heavy (non-hydrogen) atoms. The molecule has 0 aromatic heterocycles. The zero-order valence-electron chi connectivity index (χ0n) is 16.5. The molecule has 0 fully saturated rings. The first kappa shape index (κ1) is 21.0. The van der Waals surface area contributed by atoms with Crippen molar-refractivity contribution in [1.29, 1.82) is 0 Å². The molecule has 0 unspecified atom stereocenters. The van der Waals surface area contributed by atoms with Crippen LogP contribution < -0.4 is 14.2 Å². The first-order chi connectivity index (χ1) is 14.5. The molecule has 0 heterocycles. The van der Waals surface area contributed by atoms with Gasteiger partial charge in [0.05, 0.1) is 14.2 Å². The van der Waals surface area contributed by atoms with E-state index in [-0.39, 0.29) is 18.1 Å². The zero-order valence-corrected chi connectivity index (χ0v) is 16.5. The van der Waals surface area contributed by atoms with Gasteiger partial charge >= 0.3 is 0 Å². The fourth-order valence-corrected chi connectivity index (χ4v) is 2.81. The topological polar surface area (TPSA) is 44.8 Å². The quantitative estimate of drug-likeness (QED) is 0.366. The Kier molecular flexibility index (Phi) is 6.80. The predicted molar refractivity (Wildman–Crippen MR) is 110 cm³/mol. The van der Waals surface area contributed by atoms with Gasteiger partial charge in [-0.1, -0.05) is 24.3 Å². The van der Waals surface area contributed by atoms with E-state index in [1.807, 2.05) is 0 Å². The van der Waals surface area contributed by atoms with Crippen molar-refractivity contribution in [3.63, 3.8) is 0 Å². The molecule has 154 valence electrons. The molecule has 0 N–H and O–H groups in total. The maximum absolute atomic E-state index is 13.8. The van der Waals surface area contributed by atoms with Gasteiger partial charge < -0.3 is 14.2 Å². The van der Waals surface area contributed by atoms with Crippen molar-refractivity contribution in [2.75, 3.05) is 14.2 Å². The summed E-state index contributed by atoms with van der Waals surface area (Å²) in [5, 5.41) is 0. The lowest BCUT2D eigenvalue weighted by molar-refractivity contribution is 0.104. The summed E-state index contributed by atoms with van der Waals surface area (Å²) in [5.74, 6) is -0.539. The Labute approximate surface area is 173 Å². The van der Waals surface area contributed by atoms with Crippen LogP contribution in [0.4, 0.5) is 8.78 Å². The van der Waals surface area contributed by atoms with Crippen LogP contribution in [0.25, 0.3) is 6.08 Å². The molecule has 0 saturated carbocycles. The standard InChI is InChI=1S/C24H20F2O4/c1-28-20-5-3-4-17(13-20)22(27)9-6-16-7-10-23(29-2)18(12-16)15-30-24-11-8-19(25)14-21(24)26/h3-14H,15H2,1-2H3/b9-6+. The third-order valence-corrected chi connectivity index (χ3v) is 4.36. The SMILES string of the molecule is COc1cccc(C(=O)/C=C/c2ccc(OC)c(COc3ccc(F)cc3F)c2)c1. The predicted octanol–water partition coefficient (Wildman–Crippen LogP) is 5.46. The molecule has 4 nitrogen and oxygen atoms in total. The van der Waals surface area contributed by atoms with Crippen LogP contribution in [0.3, 0.4) is 0 Å². The Balaban J connectivity index is 1.76. The van der Waals surface area contributed by atoms with Crippen molar-refractivity contribution in [3.05, 3.63) is 95.1 Å². The molecule has 3 aromatic carbocycles. The van der Waals surface area contributed by atoms with Crippen LogP contribution in [-0.4, -0.2) is 20.0 Å². The van der Waals surface area contributed by atoms with E-state index in [9.17, 15) is 13.6 Å². The Morgan fingerprint density at radius 2 is 1.73 bits per heavy atom. The van der Waals surface area contributed by atoms with E-state index >= 15 is 0 Å². The number of halogens is 2. The molecular formula is C24H20F2O4. The van der Waals surface area contributed by atoms with Gasteiger partial charge in [-0.25, -0.2) is 8.78 Å². The fourth-order valence-electron chi connectivity index (χ4n) is 2.81. The van der Waals surface area contributed by atoms with Crippen LogP contribution in [0.1, 0.15) is 21.5 Å². The Morgan fingerprint density at radius 3 is 2.47 bits per heavy atom. The van der Waals surface area contributed by atoms with E-state index in [4.69, 9.17) is 14.2 Å². The van der Waals surface area contributed by atoms with Crippen LogP contribution in [0.2, 0.25) is 0 Å². The maximum atomic E-state index is 13.8. The van der Waals surface area contributed by atoms with Crippen LogP contribution in [-0.2, 0) is 6.61 Å². The summed E-state index contributed by atoms with van der Waals surface area (Å²) in [6.45, 7) is 0.0111. The lowest BCUT2D eigenvalue weighted by atomic mass is 10.1. The van der Waals surface area contributed by atoms with Gasteiger partial charge in [0.15, 0.2) is 17.3 Å². The lowest BCUT2D eigenvalue weighted by Gasteiger charge is -2.12. The van der Waals surface area contributed by atoms with Gasteiger partial charge in [0, 0.05) is 17.2 Å². The molecule has 3 rings (SSSR count). The highest BCUT2D eigenvalue weighted by Crippen LogP contribution is 2.25. The largest absolute Gasteiger partial charge is 0.497 e. The van der Waals surface area contributed by atoms with Gasteiger partial charge in [0.25, 0.3) is 0 Å². The molecule has 0 amide bonds. The van der Waals surface area contributed by atoms with E-state index in [1.54, 1.807) is 48.5 Å². The smallest absolute Gasteiger partial charge is 0.185 e. The molecule has 0 aliphatic heterocycles. The highest BCUT2D eigenvalue weighted by molar-refractivity contribution is 6.07. The molecule has 0 spiro atoms. The maximum Gasteiger partial charge on any atom is 0.185 e. The second-order valence-corrected chi connectivity index (χ2v) is 6.36. The molecular weight excluding hydrogens is 390 g/mol. The van der Waals surface area contributed by atoms with Gasteiger partial charge in [0.1, 0.15) is 23.9 Å². The number of ketones is 1. The van der Waals surface area contributed by atoms with Gasteiger partial charge in [0.2, 0.25) is 0 Å². The molecule has 0 atom stereocenters. The average molecular weight is 410 g/mol. The van der Waals surface area contributed by atoms with E-state index in [0.29, 0.717) is 22.6 Å². The number of benzene rings is 3. The molecule has 0 aliphatic rings. The molecule has 0 radical (unpaired) electrons. The number of carbonyl (C=O) groups is 1. The van der Waals surface area contributed by atoms with Crippen molar-refractivity contribution in [2.45, 2.75) is 6.61 Å². The van der Waals surface area contributed by atoms with Crippen molar-refractivity contribution in [1.82, 2.24) is 0 Å². The Bertz CT molecular complexity index is 1080. The number of hydrogen-bond donors (Lipinski definition) is 0. The summed E-state index contributed by atoms with van der Waals surface area (Å²) in [5.41, 5.74) is 1.90. The van der Waals surface area contributed by atoms with Crippen LogP contribution in [0.5, 0.6) is 17.2 Å². The Hall–Kier alpha value is -3.67. The van der Waals surface area contributed by atoms with E-state index in [0.717, 1.165) is 17.7 Å². The summed E-state index contributed by atoms with van der Waals surface area (Å²) in [7, 11) is 3.05. The van der Waals surface area contributed by atoms with Crippen LogP contribution in [0, 0.1) is 11.6 Å². The fraction of sp³-hybridized carbons (Fsp3) is 0.125. The molecule has 0 aliphatic carbocycles. The number of rotatable bonds is 8. The average Bonchev–Trinajstić information content (AvgIpc) is 2.77. The zero-order chi connectivity index (χ0) is 21.5. The first-order valence-electron chi connectivity index (χ1n) is 9.11. The van der Waals surface area contributed by atoms with Gasteiger partial charge in [-0.15, -0.1) is 0 Å². The summed E-state index contributed by atoms with van der Waals surface area (Å²) < 4.78 is 42.8. The number of allylic oxidation sites excluding steroid dienone is 1. The number of carbonyl (C=O) groups excluding carboxylic acids is 1. The van der Waals surface area contributed by atoms with Crippen LogP contribution in [0.15, 0.2) is 66.7 Å². The van der Waals surface area contributed by atoms with Crippen molar-refractivity contribution >= 4 is 11.9 Å². The van der Waals surface area contributed by atoms with Gasteiger partial charge in [-0.05, 0) is 48.0 Å². The minimum atomic E-state index is -0.783. The van der Waals surface area contributed by atoms with E-state index in [1.165, 1.54) is 26.4 Å². The van der Waals surface area contributed by atoms with Crippen molar-refractivity contribution < 1.29 is 27.8 Å². The molecule has 0 bridgehead atoms. The summed E-state index contributed by atoms with van der Waals surface area (Å²) in [6, 6.07) is 15.3. The van der Waals surface area contributed by atoms with Crippen molar-refractivity contribution in [2.24, 2.45) is 0 Å². The van der Waals surface area contributed by atoms with Crippen molar-refractivity contribution in [3.8, 4) is 17.2 Å². The minimum Gasteiger partial charge on any atom is -0.497 e. The summed E-state index contributed by atoms with van der Waals surface area (Å²) >= 11 is 0. The first-order valence-corrected chi connectivity index (χ1v) is 9.11. The van der Waals surface area contributed by atoms with E-state index in [2.05, 4.69) is 0 Å². The monoisotopic (exact) mass is 410 g/mol. The molecule has 3 aromatic rings. The second kappa shape index (κ2) is 9.69. The summed E-state index contributed by atoms with van der Waals surface area (Å²) in [6.07, 6.45) is 3.13. The second-order valence-electron chi connectivity index (χ2n) is 6.36. The normalized spacial score (nSPS) is 10.8. The Morgan fingerprint density at radius 1 is 0.933 bits per heavy atom. The third-order valence-electron chi connectivity index (χ3n) is 4.36. The van der Waals surface area contributed by atoms with Gasteiger partial charge in [-0.2, -0.15) is 0 Å². The lowest BCUT2D eigenvalue weighted by Crippen LogP contribution is -2.01. The highest BCUT2D eigenvalue weighted by atomic mass is 19.1. The minimum absolute atomic E-state index is 0.0111. The number of hydrogen-bond acceptors (Lipinski definition) is 4.